The lowest BCUT2D eigenvalue weighted by molar-refractivity contribution is -0.121. The van der Waals surface area contributed by atoms with Gasteiger partial charge in [0.1, 0.15) is 12.4 Å². The molecule has 0 saturated carbocycles. The van der Waals surface area contributed by atoms with E-state index in [0.29, 0.717) is 16.4 Å². The Labute approximate surface area is 202 Å². The number of nitrogens with zero attached hydrogens (tertiary/aromatic N) is 2. The van der Waals surface area contributed by atoms with E-state index in [2.05, 4.69) is 15.6 Å². The second-order valence-electron chi connectivity index (χ2n) is 8.10. The lowest BCUT2D eigenvalue weighted by Gasteiger charge is -2.26. The van der Waals surface area contributed by atoms with Crippen molar-refractivity contribution in [1.82, 2.24) is 15.2 Å². The maximum Gasteiger partial charge on any atom is 0.254 e. The number of benzene rings is 2. The molecule has 0 aliphatic heterocycles. The van der Waals surface area contributed by atoms with Crippen molar-refractivity contribution in [2.24, 2.45) is 0 Å². The molecule has 0 bridgehead atoms. The number of aromatic nitrogens is 1. The number of nitrogens with one attached hydrogen (secondary N) is 2. The van der Waals surface area contributed by atoms with E-state index in [9.17, 15) is 18.8 Å². The molecular weight excluding hydrogens is 455 g/mol. The van der Waals surface area contributed by atoms with Crippen LogP contribution in [0.1, 0.15) is 48.4 Å². The van der Waals surface area contributed by atoms with E-state index in [0.717, 1.165) is 5.56 Å². The summed E-state index contributed by atoms with van der Waals surface area (Å²) in [7, 11) is 0. The summed E-state index contributed by atoms with van der Waals surface area (Å²) < 4.78 is 13.2. The van der Waals surface area contributed by atoms with Crippen LogP contribution in [0.2, 0.25) is 0 Å². The SMILES string of the molecule is CC(C)N(CC(=O)Nc1nc(CC(=O)N[C@@H](C)c2ccccc2)cs1)C(=O)c1ccc(F)cc1. The van der Waals surface area contributed by atoms with Gasteiger partial charge in [-0.25, -0.2) is 9.37 Å². The second-order valence-corrected chi connectivity index (χ2v) is 8.96. The molecule has 178 valence electrons. The normalized spacial score (nSPS) is 11.7. The molecule has 7 nitrogen and oxygen atoms in total. The third kappa shape index (κ3) is 6.95. The first-order chi connectivity index (χ1) is 16.2. The fourth-order valence-corrected chi connectivity index (χ4v) is 4.01. The Hall–Kier alpha value is -3.59. The monoisotopic (exact) mass is 482 g/mol. The number of rotatable bonds is 9. The van der Waals surface area contributed by atoms with Crippen molar-refractivity contribution in [2.45, 2.75) is 39.3 Å². The summed E-state index contributed by atoms with van der Waals surface area (Å²) >= 11 is 1.21. The minimum Gasteiger partial charge on any atom is -0.349 e. The Bertz CT molecular complexity index is 1130. The standard InChI is InChI=1S/C25H27FN4O3S/c1-16(2)30(24(33)19-9-11-20(26)12-10-19)14-23(32)29-25-28-21(15-34-25)13-22(31)27-17(3)18-7-5-4-6-8-18/h4-12,15-17H,13-14H2,1-3H3,(H,27,31)(H,28,29,32)/t17-/m0/s1. The summed E-state index contributed by atoms with van der Waals surface area (Å²) in [6.07, 6.45) is 0.0880. The molecule has 3 amide bonds. The molecule has 9 heteroatoms. The maximum absolute atomic E-state index is 13.2. The largest absolute Gasteiger partial charge is 0.349 e. The first-order valence-corrected chi connectivity index (χ1v) is 11.8. The number of hydrogen-bond donors (Lipinski definition) is 2. The molecule has 34 heavy (non-hydrogen) atoms. The van der Waals surface area contributed by atoms with Crippen molar-refractivity contribution in [1.29, 1.82) is 0 Å². The van der Waals surface area contributed by atoms with E-state index in [4.69, 9.17) is 0 Å². The molecule has 0 spiro atoms. The molecule has 0 radical (unpaired) electrons. The first-order valence-electron chi connectivity index (χ1n) is 10.9. The zero-order valence-electron chi connectivity index (χ0n) is 19.2. The summed E-state index contributed by atoms with van der Waals surface area (Å²) in [5, 5.41) is 7.68. The predicted molar refractivity (Wildman–Crippen MR) is 130 cm³/mol. The number of thiazole rings is 1. The van der Waals surface area contributed by atoms with Crippen LogP contribution in [0, 0.1) is 5.82 Å². The molecule has 0 fully saturated rings. The van der Waals surface area contributed by atoms with Crippen LogP contribution in [0.4, 0.5) is 9.52 Å². The molecule has 3 aromatic rings. The van der Waals surface area contributed by atoms with Gasteiger partial charge in [0.05, 0.1) is 18.2 Å². The third-order valence-corrected chi connectivity index (χ3v) is 5.91. The van der Waals surface area contributed by atoms with Gasteiger partial charge in [-0.15, -0.1) is 11.3 Å². The highest BCUT2D eigenvalue weighted by atomic mass is 32.1. The Balaban J connectivity index is 1.55. The fourth-order valence-electron chi connectivity index (χ4n) is 3.29. The van der Waals surface area contributed by atoms with Gasteiger partial charge in [-0.3, -0.25) is 14.4 Å². The topological polar surface area (TPSA) is 91.4 Å². The van der Waals surface area contributed by atoms with Crippen LogP contribution in [0.25, 0.3) is 0 Å². The number of carbonyl (C=O) groups excluding carboxylic acids is 3. The van der Waals surface area contributed by atoms with Crippen molar-refractivity contribution in [2.75, 3.05) is 11.9 Å². The van der Waals surface area contributed by atoms with E-state index in [-0.39, 0.29) is 36.9 Å². The summed E-state index contributed by atoms with van der Waals surface area (Å²) in [5.74, 6) is -1.38. The van der Waals surface area contributed by atoms with Crippen molar-refractivity contribution in [3.8, 4) is 0 Å². The van der Waals surface area contributed by atoms with Crippen LogP contribution in [0.15, 0.2) is 60.0 Å². The average molecular weight is 483 g/mol. The molecule has 0 aliphatic carbocycles. The second kappa shape index (κ2) is 11.5. The van der Waals surface area contributed by atoms with Gasteiger partial charge in [-0.2, -0.15) is 0 Å². The number of halogens is 1. The molecule has 3 rings (SSSR count). The summed E-state index contributed by atoms with van der Waals surface area (Å²) in [5.41, 5.74) is 1.85. The molecular formula is C25H27FN4O3S. The van der Waals surface area contributed by atoms with Gasteiger partial charge in [0.2, 0.25) is 11.8 Å². The third-order valence-electron chi connectivity index (χ3n) is 5.11. The van der Waals surface area contributed by atoms with Crippen LogP contribution < -0.4 is 10.6 Å². The summed E-state index contributed by atoms with van der Waals surface area (Å²) in [6.45, 7) is 5.32. The Morgan fingerprint density at radius 3 is 2.32 bits per heavy atom. The van der Waals surface area contributed by atoms with Gasteiger partial charge in [0.15, 0.2) is 5.13 Å². The summed E-state index contributed by atoms with van der Waals surface area (Å²) in [4.78, 5) is 43.4. The molecule has 1 aromatic heterocycles. The predicted octanol–water partition coefficient (Wildman–Crippen LogP) is 4.19. The average Bonchev–Trinajstić information content (AvgIpc) is 3.24. The van der Waals surface area contributed by atoms with Crippen LogP contribution in [0.5, 0.6) is 0 Å². The first kappa shape index (κ1) is 25.0. The number of anilines is 1. The van der Waals surface area contributed by atoms with Crippen molar-refractivity contribution in [3.05, 3.63) is 82.6 Å². The lowest BCUT2D eigenvalue weighted by Crippen LogP contribution is -2.42. The molecule has 0 saturated heterocycles. The van der Waals surface area contributed by atoms with Crippen LogP contribution in [-0.4, -0.2) is 40.2 Å². The smallest absolute Gasteiger partial charge is 0.254 e. The van der Waals surface area contributed by atoms with Gasteiger partial charge in [-0.05, 0) is 50.6 Å². The number of hydrogen-bond acceptors (Lipinski definition) is 5. The van der Waals surface area contributed by atoms with Crippen molar-refractivity contribution < 1.29 is 18.8 Å². The zero-order valence-corrected chi connectivity index (χ0v) is 20.1. The Kier molecular flexibility index (Phi) is 8.48. The van der Waals surface area contributed by atoms with Gasteiger partial charge < -0.3 is 15.5 Å². The molecule has 1 atom stereocenters. The van der Waals surface area contributed by atoms with Crippen LogP contribution in [-0.2, 0) is 16.0 Å². The summed E-state index contributed by atoms with van der Waals surface area (Å²) in [6, 6.07) is 14.5. The quantitative estimate of drug-likeness (QED) is 0.478. The Morgan fingerprint density at radius 1 is 1.00 bits per heavy atom. The number of amides is 3. The van der Waals surface area contributed by atoms with E-state index in [1.165, 1.54) is 40.5 Å². The maximum atomic E-state index is 13.2. The van der Waals surface area contributed by atoms with Crippen LogP contribution >= 0.6 is 11.3 Å². The van der Waals surface area contributed by atoms with Crippen molar-refractivity contribution in [3.63, 3.8) is 0 Å². The van der Waals surface area contributed by atoms with E-state index in [1.54, 1.807) is 19.2 Å². The van der Waals surface area contributed by atoms with E-state index in [1.807, 2.05) is 37.3 Å². The molecule has 2 N–H and O–H groups in total. The highest BCUT2D eigenvalue weighted by Crippen LogP contribution is 2.17. The minimum atomic E-state index is -0.437. The van der Waals surface area contributed by atoms with Gasteiger partial charge in [0.25, 0.3) is 5.91 Å². The Morgan fingerprint density at radius 2 is 1.68 bits per heavy atom. The van der Waals surface area contributed by atoms with Crippen LogP contribution in [0.3, 0.4) is 0 Å². The highest BCUT2D eigenvalue weighted by molar-refractivity contribution is 7.13. The minimum absolute atomic E-state index is 0.0880. The van der Waals surface area contributed by atoms with Gasteiger partial charge >= 0.3 is 0 Å². The number of carbonyl (C=O) groups is 3. The fraction of sp³-hybridized carbons (Fsp3) is 0.280. The zero-order chi connectivity index (χ0) is 24.7. The molecule has 0 unspecified atom stereocenters. The van der Waals surface area contributed by atoms with Crippen molar-refractivity contribution >= 4 is 34.2 Å². The van der Waals surface area contributed by atoms with E-state index < -0.39 is 11.7 Å². The van der Waals surface area contributed by atoms with Gasteiger partial charge in [-0.1, -0.05) is 30.3 Å². The molecule has 2 aromatic carbocycles. The highest BCUT2D eigenvalue weighted by Gasteiger charge is 2.22. The molecule has 0 aliphatic rings. The van der Waals surface area contributed by atoms with E-state index >= 15 is 0 Å². The molecule has 1 heterocycles. The lowest BCUT2D eigenvalue weighted by atomic mass is 10.1. The van der Waals surface area contributed by atoms with Gasteiger partial charge in [0, 0.05) is 17.0 Å².